The Kier molecular flexibility index (Phi) is 28.7. The summed E-state index contributed by atoms with van der Waals surface area (Å²) in [6.07, 6.45) is 20.2. The first kappa shape index (κ1) is 79.9. The number of hydrogen-bond acceptors (Lipinski definition) is 21. The van der Waals surface area contributed by atoms with Crippen molar-refractivity contribution in [1.29, 1.82) is 0 Å². The minimum absolute atomic E-state index is 0.336. The van der Waals surface area contributed by atoms with Crippen LogP contribution in [0.5, 0.6) is 0 Å². The topological polar surface area (TPSA) is 47.4 Å². The number of alkyl halides is 3. The molecule has 3 aromatic rings. The van der Waals surface area contributed by atoms with Crippen molar-refractivity contribution in [2.45, 2.75) is 224 Å². The minimum Gasteiger partial charge on any atom is -0.359 e. The largest absolute Gasteiger partial charge is 0.359 e. The maximum Gasteiger partial charge on any atom is 0.0717 e. The number of thioether (sulfide) groups is 21. The number of halogens is 3. The van der Waals surface area contributed by atoms with Crippen LogP contribution in [-0.2, 0) is 21.7 Å². The molecule has 1 aliphatic carbocycles. The maximum absolute atomic E-state index is 4.52. The summed E-state index contributed by atoms with van der Waals surface area (Å²) < 4.78 is 22.9. The highest BCUT2D eigenvalue weighted by atomic mass is 127. The van der Waals surface area contributed by atoms with Crippen molar-refractivity contribution in [3.05, 3.63) is 125 Å². The van der Waals surface area contributed by atoms with Crippen LogP contribution < -0.4 is 0 Å². The van der Waals surface area contributed by atoms with Gasteiger partial charge in [0.15, 0.2) is 0 Å². The lowest BCUT2D eigenvalue weighted by Gasteiger charge is -2.33. The molecule has 13 rings (SSSR count). The number of hydrogen-bond donors (Lipinski definition) is 3. The molecule has 1 fully saturated rings. The van der Waals surface area contributed by atoms with E-state index in [1.165, 1.54) is 263 Å². The molecule has 12 heterocycles. The van der Waals surface area contributed by atoms with Gasteiger partial charge in [-0.3, -0.25) is 0 Å². The highest BCUT2D eigenvalue weighted by Gasteiger charge is 2.53. The van der Waals surface area contributed by atoms with E-state index in [2.05, 4.69) is 360 Å². The predicted molar refractivity (Wildman–Crippen MR) is 501 cm³/mol. The van der Waals surface area contributed by atoms with E-state index in [9.17, 15) is 0 Å². The average molecular weight is 2020 g/mol. The number of nitrogens with one attached hydrogen (secondary N) is 3. The molecule has 0 atom stereocenters. The van der Waals surface area contributed by atoms with Gasteiger partial charge in [0.2, 0.25) is 0 Å². The molecule has 3 N–H and O–H groups in total. The zero-order valence-corrected chi connectivity index (χ0v) is 80.7. The lowest BCUT2D eigenvalue weighted by molar-refractivity contribution is 0.526. The summed E-state index contributed by atoms with van der Waals surface area (Å²) in [4.78, 5) is 29.5. The van der Waals surface area contributed by atoms with Crippen LogP contribution in [0, 0.1) is 0 Å². The van der Waals surface area contributed by atoms with Crippen LogP contribution in [0.4, 0.5) is 0 Å². The van der Waals surface area contributed by atoms with Gasteiger partial charge in [-0.1, -0.05) is 329 Å². The van der Waals surface area contributed by atoms with Gasteiger partial charge >= 0.3 is 0 Å². The van der Waals surface area contributed by atoms with Gasteiger partial charge in [0.05, 0.1) is 55.1 Å². The zero-order valence-electron chi connectivity index (χ0n) is 57.1. The van der Waals surface area contributed by atoms with Gasteiger partial charge in [-0.2, -0.15) is 0 Å². The Bertz CT molecular complexity index is 3770. The highest BCUT2D eigenvalue weighted by molar-refractivity contribution is 14.1. The molecule has 10 aliphatic rings. The summed E-state index contributed by atoms with van der Waals surface area (Å²) in [5.74, 6) is 4.79. The number of rotatable bonds is 25. The zero-order chi connectivity index (χ0) is 68.3. The second-order valence-electron chi connectivity index (χ2n) is 26.8. The van der Waals surface area contributed by atoms with Crippen LogP contribution in [-0.4, -0.2) is 57.5 Å². The molecule has 0 saturated carbocycles. The molecular formula is C70H84I3N3S21. The van der Waals surface area contributed by atoms with E-state index in [1.54, 1.807) is 11.1 Å². The predicted octanol–water partition coefficient (Wildman–Crippen LogP) is 32.7. The first-order chi connectivity index (χ1) is 46.6. The Balaban J connectivity index is 0.960. The van der Waals surface area contributed by atoms with E-state index in [4.69, 9.17) is 0 Å². The average Bonchev–Trinajstić information content (AvgIpc) is 1.54. The normalized spacial score (nSPS) is 24.6. The van der Waals surface area contributed by atoms with E-state index < -0.39 is 10.8 Å². The molecule has 3 nitrogen and oxygen atoms in total. The monoisotopic (exact) mass is 2020 g/mol. The number of H-pyrrole nitrogens is 3. The van der Waals surface area contributed by atoms with Crippen LogP contribution in [0.25, 0.3) is 0 Å². The Labute approximate surface area is 710 Å². The summed E-state index contributed by atoms with van der Waals surface area (Å²) in [6, 6.07) is 0. The molecule has 526 valence electrons. The summed E-state index contributed by atoms with van der Waals surface area (Å²) >= 11 is 50.9. The van der Waals surface area contributed by atoms with Crippen LogP contribution in [0.2, 0.25) is 0 Å². The van der Waals surface area contributed by atoms with Crippen molar-refractivity contribution in [1.82, 2.24) is 15.0 Å². The first-order valence-electron chi connectivity index (χ1n) is 33.3. The Morgan fingerprint density at radius 3 is 0.907 bits per heavy atom. The second kappa shape index (κ2) is 34.8. The quantitative estimate of drug-likeness (QED) is 0.0428. The molecule has 8 bridgehead atoms. The second-order valence-corrected chi connectivity index (χ2v) is 55.6. The summed E-state index contributed by atoms with van der Waals surface area (Å²) in [5.41, 5.74) is 9.73. The maximum atomic E-state index is 4.52. The van der Waals surface area contributed by atoms with Crippen molar-refractivity contribution in [2.75, 3.05) is 42.5 Å². The molecule has 0 unspecified atom stereocenters. The van der Waals surface area contributed by atoms with E-state index >= 15 is 0 Å². The standard InChI is InChI=1S/C70H84I3N3S21/c1-14-15-16-23-30-78-54-36(3)83-60(94-54)63-87-42-44(89-63)50-69(9,10)52-46-47(92-65(91-46)66-96-57(77-13)58(97-66)81-33-26-19-22-29-73)53(76-52)70(11,12)51-45-43(88-64(90-45)61-84-37(4)56(95-61)80-32-25-18-21-28-72)49(75-51)68(7,8)39-34-38(67(5,6)48(42)74-50)40-41(39)86-62(85-40)59-82-35(2)55(93-59)79-31-24-17-20-27-71/h74-76H,14-34H2,1-13H3/b62-59+,63-60-,64-61+,66-65-. The third-order valence-electron chi connectivity index (χ3n) is 18.5. The van der Waals surface area contributed by atoms with Gasteiger partial charge in [-0.15, -0.1) is 58.8 Å². The van der Waals surface area contributed by atoms with Crippen LogP contribution in [0.1, 0.15) is 207 Å². The number of unbranched alkanes of at least 4 members (excludes halogenated alkanes) is 9. The van der Waals surface area contributed by atoms with Gasteiger partial charge < -0.3 is 15.0 Å². The minimum atomic E-state index is -0.429. The molecule has 0 radical (unpaired) electrons. The molecule has 1 saturated heterocycles. The Hall–Kier alpha value is 4.78. The summed E-state index contributed by atoms with van der Waals surface area (Å²) in [6.45, 7) is 30.0. The van der Waals surface area contributed by atoms with Crippen LogP contribution in [0.3, 0.4) is 0 Å². The van der Waals surface area contributed by atoms with Crippen molar-refractivity contribution in [2.24, 2.45) is 0 Å². The Morgan fingerprint density at radius 1 is 0.320 bits per heavy atom. The molecule has 0 aromatic carbocycles. The van der Waals surface area contributed by atoms with Crippen molar-refractivity contribution >= 4 is 315 Å². The number of aromatic nitrogens is 3. The first-order valence-corrected chi connectivity index (χ1v) is 56.1. The van der Waals surface area contributed by atoms with Crippen molar-refractivity contribution < 1.29 is 0 Å². The summed E-state index contributed by atoms with van der Waals surface area (Å²) in [7, 11) is 0. The SMILES string of the molecule is CCCCCCSC1=C(C)S/C(=C2\Sc3c4[nH]c(c3S2)C(C)(C)c2[nH]c(c3c2S/C(=C2\SC(SC)=C(SCCCCCI)S2)S3)C(C)(C)c2[nH]c(c3c2S/C(=C2\SC(C)=C(SCCCCCI)S2)S3)C(C)(C)C2=C3S/C(=C5\SC(C)=C(SCCCCCI)S5)SC3=C(C2)C4(C)C)S1. The van der Waals surface area contributed by atoms with Gasteiger partial charge in [-0.25, -0.2) is 0 Å². The fourth-order valence-corrected chi connectivity index (χ4v) is 45.7. The Morgan fingerprint density at radius 2 is 0.588 bits per heavy atom. The van der Waals surface area contributed by atoms with Crippen LogP contribution >= 0.6 is 315 Å². The fourth-order valence-electron chi connectivity index (χ4n) is 12.8. The third-order valence-corrected chi connectivity index (χ3v) is 51.5. The number of allylic oxidation sites excluding steroid dienone is 5. The lowest BCUT2D eigenvalue weighted by Crippen LogP contribution is -2.28. The summed E-state index contributed by atoms with van der Waals surface area (Å²) in [5, 5.41) is 0. The third kappa shape index (κ3) is 16.7. The fraction of sp³-hybridized carbons (Fsp3) is 0.543. The van der Waals surface area contributed by atoms with Gasteiger partial charge in [0, 0.05) is 110 Å². The number of aromatic amines is 3. The molecule has 3 aromatic heterocycles. The molecular weight excluding hydrogens is 1940 g/mol. The van der Waals surface area contributed by atoms with E-state index in [0.29, 0.717) is 0 Å². The van der Waals surface area contributed by atoms with Gasteiger partial charge in [0.1, 0.15) is 0 Å². The molecule has 0 amide bonds. The molecule has 27 heteroatoms. The van der Waals surface area contributed by atoms with Crippen LogP contribution in [0.15, 0.2) is 120 Å². The molecule has 97 heavy (non-hydrogen) atoms. The van der Waals surface area contributed by atoms with Crippen molar-refractivity contribution in [3.8, 4) is 0 Å². The molecule has 9 aliphatic heterocycles. The van der Waals surface area contributed by atoms with E-state index in [1.807, 2.05) is 58.8 Å². The smallest absolute Gasteiger partial charge is 0.0717 e. The van der Waals surface area contributed by atoms with E-state index in [-0.39, 0.29) is 10.8 Å². The molecule has 0 spiro atoms. The van der Waals surface area contributed by atoms with Gasteiger partial charge in [0.25, 0.3) is 0 Å². The van der Waals surface area contributed by atoms with Crippen molar-refractivity contribution in [3.63, 3.8) is 0 Å². The lowest BCUT2D eigenvalue weighted by atomic mass is 9.75. The highest BCUT2D eigenvalue weighted by Crippen LogP contribution is 2.74. The number of fused-ring (bicyclic) bond motifs is 18. The van der Waals surface area contributed by atoms with Gasteiger partial charge in [-0.05, 0) is 154 Å². The van der Waals surface area contributed by atoms with E-state index in [0.717, 1.165) is 6.42 Å².